The van der Waals surface area contributed by atoms with Crippen molar-refractivity contribution in [2.24, 2.45) is 11.7 Å². The number of carbonyl (C=O) groups excluding carboxylic acids is 1. The molecule has 92 valence electrons. The van der Waals surface area contributed by atoms with E-state index in [0.717, 1.165) is 0 Å². The van der Waals surface area contributed by atoms with E-state index in [1.807, 2.05) is 13.8 Å². The van der Waals surface area contributed by atoms with E-state index in [1.54, 1.807) is 4.90 Å². The van der Waals surface area contributed by atoms with E-state index in [4.69, 9.17) is 10.8 Å². The van der Waals surface area contributed by atoms with Crippen molar-refractivity contribution in [2.75, 3.05) is 26.2 Å². The monoisotopic (exact) mass is 229 g/mol. The molecule has 0 aromatic rings. The maximum absolute atomic E-state index is 11.9. The zero-order valence-electron chi connectivity index (χ0n) is 9.72. The maximum Gasteiger partial charge on any atom is 0.320 e. The number of likely N-dealkylation sites (tertiary alicyclic amines) is 1. The molecule has 0 spiro atoms. The van der Waals surface area contributed by atoms with Crippen LogP contribution in [0.4, 0.5) is 4.79 Å². The second-order valence-electron chi connectivity index (χ2n) is 3.97. The first-order chi connectivity index (χ1) is 7.51. The number of hydrogen-bond donors (Lipinski definition) is 2. The number of aliphatic carboxylic acids is 1. The molecule has 16 heavy (non-hydrogen) atoms. The van der Waals surface area contributed by atoms with Crippen molar-refractivity contribution in [1.29, 1.82) is 0 Å². The Bertz CT molecular complexity index is 278. The van der Waals surface area contributed by atoms with Crippen LogP contribution in [0, 0.1) is 5.92 Å². The first-order valence-corrected chi connectivity index (χ1v) is 5.53. The lowest BCUT2D eigenvalue weighted by Crippen LogP contribution is -2.42. The van der Waals surface area contributed by atoms with Crippen molar-refractivity contribution in [3.63, 3.8) is 0 Å². The van der Waals surface area contributed by atoms with Crippen LogP contribution in [0.1, 0.15) is 13.8 Å². The van der Waals surface area contributed by atoms with Gasteiger partial charge in [-0.15, -0.1) is 0 Å². The zero-order valence-corrected chi connectivity index (χ0v) is 9.72. The smallest absolute Gasteiger partial charge is 0.320 e. The summed E-state index contributed by atoms with van der Waals surface area (Å²) in [6.45, 7) is 5.58. The summed E-state index contributed by atoms with van der Waals surface area (Å²) in [6.07, 6.45) is 0. The standard InChI is InChI=1S/C10H19N3O3/c1-3-12(4-2)10(16)13-5-7(9(14)15)8(11)6-13/h7-8H,3-6,11H2,1-2H3,(H,14,15)/t7-,8+/m1/s1. The normalized spacial score (nSPS) is 24.6. The fraction of sp³-hybridized carbons (Fsp3) is 0.800. The minimum Gasteiger partial charge on any atom is -0.481 e. The van der Waals surface area contributed by atoms with Crippen LogP contribution in [-0.4, -0.2) is 59.1 Å². The molecule has 2 atom stereocenters. The Morgan fingerprint density at radius 1 is 1.38 bits per heavy atom. The highest BCUT2D eigenvalue weighted by atomic mass is 16.4. The highest BCUT2D eigenvalue weighted by molar-refractivity contribution is 5.78. The first-order valence-electron chi connectivity index (χ1n) is 5.53. The number of carboxylic acids is 1. The van der Waals surface area contributed by atoms with Gasteiger partial charge in [0.1, 0.15) is 0 Å². The minimum absolute atomic E-state index is 0.121. The zero-order chi connectivity index (χ0) is 12.3. The van der Waals surface area contributed by atoms with Gasteiger partial charge in [-0.25, -0.2) is 4.79 Å². The Morgan fingerprint density at radius 2 is 1.94 bits per heavy atom. The Balaban J connectivity index is 2.64. The third-order valence-corrected chi connectivity index (χ3v) is 2.99. The van der Waals surface area contributed by atoms with Gasteiger partial charge in [-0.2, -0.15) is 0 Å². The molecule has 0 aliphatic carbocycles. The average Bonchev–Trinajstić information content (AvgIpc) is 2.62. The maximum atomic E-state index is 11.9. The molecule has 3 N–H and O–H groups in total. The SMILES string of the molecule is CCN(CC)C(=O)N1C[C@H](N)[C@H](C(=O)O)C1. The fourth-order valence-corrected chi connectivity index (χ4v) is 1.94. The second-order valence-corrected chi connectivity index (χ2v) is 3.97. The van der Waals surface area contributed by atoms with E-state index in [2.05, 4.69) is 0 Å². The van der Waals surface area contributed by atoms with Gasteiger partial charge in [-0.3, -0.25) is 4.79 Å². The van der Waals surface area contributed by atoms with Crippen LogP contribution in [0.2, 0.25) is 0 Å². The Kier molecular flexibility index (Phi) is 4.12. The van der Waals surface area contributed by atoms with E-state index in [-0.39, 0.29) is 12.6 Å². The summed E-state index contributed by atoms with van der Waals surface area (Å²) in [5, 5.41) is 8.90. The predicted octanol–water partition coefficient (Wildman–Crippen LogP) is -0.208. The average molecular weight is 229 g/mol. The van der Waals surface area contributed by atoms with Crippen molar-refractivity contribution < 1.29 is 14.7 Å². The van der Waals surface area contributed by atoms with Gasteiger partial charge >= 0.3 is 12.0 Å². The molecule has 1 fully saturated rings. The highest BCUT2D eigenvalue weighted by Gasteiger charge is 2.38. The number of carbonyl (C=O) groups is 2. The van der Waals surface area contributed by atoms with E-state index < -0.39 is 17.9 Å². The fourth-order valence-electron chi connectivity index (χ4n) is 1.94. The molecule has 1 heterocycles. The van der Waals surface area contributed by atoms with E-state index in [9.17, 15) is 9.59 Å². The van der Waals surface area contributed by atoms with Crippen LogP contribution in [0.5, 0.6) is 0 Å². The molecule has 0 unspecified atom stereocenters. The van der Waals surface area contributed by atoms with Crippen LogP contribution >= 0.6 is 0 Å². The summed E-state index contributed by atoms with van der Waals surface area (Å²) in [5.41, 5.74) is 5.70. The molecule has 2 amide bonds. The number of urea groups is 1. The van der Waals surface area contributed by atoms with E-state index in [1.165, 1.54) is 4.90 Å². The number of hydrogen-bond acceptors (Lipinski definition) is 3. The van der Waals surface area contributed by atoms with Crippen LogP contribution in [0.15, 0.2) is 0 Å². The molecule has 0 bridgehead atoms. The Morgan fingerprint density at radius 3 is 2.31 bits per heavy atom. The van der Waals surface area contributed by atoms with Crippen LogP contribution in [0.3, 0.4) is 0 Å². The van der Waals surface area contributed by atoms with E-state index >= 15 is 0 Å². The quantitative estimate of drug-likeness (QED) is 0.701. The molecule has 0 aromatic heterocycles. The Hall–Kier alpha value is -1.30. The van der Waals surface area contributed by atoms with Gasteiger partial charge in [0.2, 0.25) is 0 Å². The Labute approximate surface area is 95.0 Å². The van der Waals surface area contributed by atoms with Crippen LogP contribution in [-0.2, 0) is 4.79 Å². The summed E-state index contributed by atoms with van der Waals surface area (Å²) in [7, 11) is 0. The summed E-state index contributed by atoms with van der Waals surface area (Å²) < 4.78 is 0. The molecule has 0 aromatic carbocycles. The van der Waals surface area contributed by atoms with Crippen molar-refractivity contribution in [3.05, 3.63) is 0 Å². The van der Waals surface area contributed by atoms with Gasteiger partial charge in [0, 0.05) is 32.2 Å². The molecule has 6 nitrogen and oxygen atoms in total. The van der Waals surface area contributed by atoms with E-state index in [0.29, 0.717) is 19.6 Å². The van der Waals surface area contributed by atoms with Gasteiger partial charge in [0.15, 0.2) is 0 Å². The summed E-state index contributed by atoms with van der Waals surface area (Å²) in [5.74, 6) is -1.57. The molecule has 1 aliphatic rings. The van der Waals surface area contributed by atoms with Crippen LogP contribution < -0.4 is 5.73 Å². The third-order valence-electron chi connectivity index (χ3n) is 2.99. The third kappa shape index (κ3) is 2.44. The van der Waals surface area contributed by atoms with Crippen molar-refractivity contribution >= 4 is 12.0 Å². The van der Waals surface area contributed by atoms with Crippen molar-refractivity contribution in [2.45, 2.75) is 19.9 Å². The van der Waals surface area contributed by atoms with Gasteiger partial charge in [0.05, 0.1) is 5.92 Å². The van der Waals surface area contributed by atoms with Crippen molar-refractivity contribution in [1.82, 2.24) is 9.80 Å². The lowest BCUT2D eigenvalue weighted by Gasteiger charge is -2.25. The topological polar surface area (TPSA) is 86.9 Å². The molecule has 1 aliphatic heterocycles. The molecular weight excluding hydrogens is 210 g/mol. The largest absolute Gasteiger partial charge is 0.481 e. The second kappa shape index (κ2) is 5.16. The summed E-state index contributed by atoms with van der Waals surface area (Å²) in [4.78, 5) is 26.0. The van der Waals surface area contributed by atoms with Gasteiger partial charge in [-0.1, -0.05) is 0 Å². The number of nitrogens with zero attached hydrogens (tertiary/aromatic N) is 2. The number of rotatable bonds is 3. The molecule has 0 radical (unpaired) electrons. The number of amides is 2. The van der Waals surface area contributed by atoms with Gasteiger partial charge in [0.25, 0.3) is 0 Å². The highest BCUT2D eigenvalue weighted by Crippen LogP contribution is 2.17. The molecular formula is C10H19N3O3. The van der Waals surface area contributed by atoms with Crippen LogP contribution in [0.25, 0.3) is 0 Å². The lowest BCUT2D eigenvalue weighted by atomic mass is 10.1. The first kappa shape index (κ1) is 12.8. The molecule has 1 rings (SSSR count). The number of carboxylic acid groups (broad SMARTS) is 1. The van der Waals surface area contributed by atoms with Crippen molar-refractivity contribution in [3.8, 4) is 0 Å². The van der Waals surface area contributed by atoms with Gasteiger partial charge < -0.3 is 20.6 Å². The molecule has 6 heteroatoms. The molecule has 0 saturated carbocycles. The lowest BCUT2D eigenvalue weighted by molar-refractivity contribution is -0.141. The molecule has 1 saturated heterocycles. The predicted molar refractivity (Wildman–Crippen MR) is 59.0 cm³/mol. The summed E-state index contributed by atoms with van der Waals surface area (Å²) in [6, 6.07) is -0.582. The number of nitrogens with two attached hydrogens (primary N) is 1. The minimum atomic E-state index is -0.928. The summed E-state index contributed by atoms with van der Waals surface area (Å²) >= 11 is 0. The van der Waals surface area contributed by atoms with Gasteiger partial charge in [-0.05, 0) is 13.8 Å².